The molecule has 7 nitrogen and oxygen atoms in total. The van der Waals surface area contributed by atoms with Crippen LogP contribution in [0.5, 0.6) is 0 Å². The lowest BCUT2D eigenvalue weighted by Crippen LogP contribution is -2.31. The van der Waals surface area contributed by atoms with Gasteiger partial charge in [0, 0.05) is 34.7 Å². The zero-order chi connectivity index (χ0) is 21.8. The number of nitrogens with zero attached hydrogens (tertiary/aromatic N) is 2. The van der Waals surface area contributed by atoms with Crippen LogP contribution in [0.4, 0.5) is 10.5 Å². The number of amides is 2. The summed E-state index contributed by atoms with van der Waals surface area (Å²) >= 11 is 0. The van der Waals surface area contributed by atoms with Crippen molar-refractivity contribution in [3.05, 3.63) is 84.7 Å². The highest BCUT2D eigenvalue weighted by molar-refractivity contribution is 5.95. The Labute approximate surface area is 179 Å². The van der Waals surface area contributed by atoms with Gasteiger partial charge in [-0.05, 0) is 54.4 Å². The third-order valence-corrected chi connectivity index (χ3v) is 5.08. The number of nitrogens with one attached hydrogen (secondary N) is 2. The molecule has 3 N–H and O–H groups in total. The van der Waals surface area contributed by atoms with Crippen molar-refractivity contribution in [1.82, 2.24) is 14.9 Å². The number of hydrogen-bond acceptors (Lipinski definition) is 3. The minimum Gasteiger partial charge on any atom is -0.480 e. The number of aromatic nitrogens is 2. The van der Waals surface area contributed by atoms with Crippen molar-refractivity contribution in [3.63, 3.8) is 0 Å². The lowest BCUT2D eigenvalue weighted by Gasteiger charge is -2.15. The number of rotatable bonds is 6. The minimum absolute atomic E-state index is 0.148. The Hall–Kier alpha value is -4.13. The van der Waals surface area contributed by atoms with Crippen molar-refractivity contribution < 1.29 is 14.7 Å². The van der Waals surface area contributed by atoms with Crippen molar-refractivity contribution >= 4 is 28.6 Å². The zero-order valence-corrected chi connectivity index (χ0v) is 16.9. The molecule has 4 rings (SSSR count). The van der Waals surface area contributed by atoms with Crippen LogP contribution < -0.4 is 10.6 Å². The van der Waals surface area contributed by atoms with Crippen LogP contribution >= 0.6 is 0 Å². The SMILES string of the molecule is CC(NC(=O)Nc1ccc2c(c1)cc(-c1ccccc1)n2CC(=O)O)c1ccncc1. The molecule has 0 aliphatic carbocycles. The van der Waals surface area contributed by atoms with E-state index in [0.29, 0.717) is 5.69 Å². The number of carboxylic acid groups (broad SMARTS) is 1. The number of carboxylic acids is 1. The quantitative estimate of drug-likeness (QED) is 0.427. The van der Waals surface area contributed by atoms with Crippen molar-refractivity contribution in [3.8, 4) is 11.3 Å². The first-order valence-electron chi connectivity index (χ1n) is 9.89. The fraction of sp³-hybridized carbons (Fsp3) is 0.125. The first kappa shape index (κ1) is 20.2. The molecule has 2 aromatic heterocycles. The number of aliphatic carboxylic acids is 1. The van der Waals surface area contributed by atoms with E-state index in [4.69, 9.17) is 0 Å². The summed E-state index contributed by atoms with van der Waals surface area (Å²) in [6.07, 6.45) is 3.37. The second-order valence-electron chi connectivity index (χ2n) is 7.25. The fourth-order valence-corrected chi connectivity index (χ4v) is 3.60. The summed E-state index contributed by atoms with van der Waals surface area (Å²) < 4.78 is 1.77. The van der Waals surface area contributed by atoms with Crippen LogP contribution in [0.1, 0.15) is 18.5 Å². The number of carbonyl (C=O) groups is 2. The number of urea groups is 1. The molecule has 1 unspecified atom stereocenters. The smallest absolute Gasteiger partial charge is 0.323 e. The van der Waals surface area contributed by atoms with Crippen LogP contribution in [0.15, 0.2) is 79.1 Å². The van der Waals surface area contributed by atoms with Crippen LogP contribution in [0.3, 0.4) is 0 Å². The monoisotopic (exact) mass is 414 g/mol. The second kappa shape index (κ2) is 8.71. The zero-order valence-electron chi connectivity index (χ0n) is 16.9. The van der Waals surface area contributed by atoms with Crippen LogP contribution in [0.2, 0.25) is 0 Å². The van der Waals surface area contributed by atoms with Gasteiger partial charge >= 0.3 is 12.0 Å². The molecule has 0 bridgehead atoms. The van der Waals surface area contributed by atoms with Crippen molar-refractivity contribution in [2.24, 2.45) is 0 Å². The van der Waals surface area contributed by atoms with Gasteiger partial charge in [-0.25, -0.2) is 4.79 Å². The highest BCUT2D eigenvalue weighted by Crippen LogP contribution is 2.30. The van der Waals surface area contributed by atoms with Gasteiger partial charge in [-0.1, -0.05) is 30.3 Å². The second-order valence-corrected chi connectivity index (χ2v) is 7.25. The lowest BCUT2D eigenvalue weighted by molar-refractivity contribution is -0.137. The van der Waals surface area contributed by atoms with Gasteiger partial charge in [-0.15, -0.1) is 0 Å². The maximum absolute atomic E-state index is 12.5. The van der Waals surface area contributed by atoms with E-state index in [0.717, 1.165) is 27.7 Å². The van der Waals surface area contributed by atoms with Gasteiger partial charge in [0.1, 0.15) is 6.54 Å². The van der Waals surface area contributed by atoms with Gasteiger partial charge in [0.25, 0.3) is 0 Å². The molecule has 156 valence electrons. The first-order valence-corrected chi connectivity index (χ1v) is 9.89. The van der Waals surface area contributed by atoms with E-state index in [2.05, 4.69) is 15.6 Å². The largest absolute Gasteiger partial charge is 0.480 e. The van der Waals surface area contributed by atoms with Crippen LogP contribution in [0.25, 0.3) is 22.2 Å². The molecule has 31 heavy (non-hydrogen) atoms. The fourth-order valence-electron chi connectivity index (χ4n) is 3.60. The molecule has 2 aromatic carbocycles. The van der Waals surface area contributed by atoms with Gasteiger partial charge in [0.15, 0.2) is 0 Å². The van der Waals surface area contributed by atoms with E-state index < -0.39 is 5.97 Å². The molecule has 0 fully saturated rings. The van der Waals surface area contributed by atoms with Crippen LogP contribution in [0, 0.1) is 0 Å². The van der Waals surface area contributed by atoms with Gasteiger partial charge < -0.3 is 20.3 Å². The molecule has 0 aliphatic heterocycles. The summed E-state index contributed by atoms with van der Waals surface area (Å²) in [5, 5.41) is 16.0. The van der Waals surface area contributed by atoms with E-state index >= 15 is 0 Å². The summed E-state index contributed by atoms with van der Waals surface area (Å²) in [5.74, 6) is -0.915. The first-order chi connectivity index (χ1) is 15.0. The highest BCUT2D eigenvalue weighted by atomic mass is 16.4. The van der Waals surface area contributed by atoms with E-state index in [1.54, 1.807) is 23.0 Å². The van der Waals surface area contributed by atoms with Gasteiger partial charge in [-0.3, -0.25) is 9.78 Å². The maximum Gasteiger partial charge on any atom is 0.323 e. The number of carbonyl (C=O) groups excluding carboxylic acids is 1. The van der Waals surface area contributed by atoms with Gasteiger partial charge in [-0.2, -0.15) is 0 Å². The highest BCUT2D eigenvalue weighted by Gasteiger charge is 2.15. The number of hydrogen-bond donors (Lipinski definition) is 3. The summed E-state index contributed by atoms with van der Waals surface area (Å²) in [7, 11) is 0. The summed E-state index contributed by atoms with van der Waals surface area (Å²) in [5.41, 5.74) is 4.11. The topological polar surface area (TPSA) is 96.2 Å². The molecule has 0 saturated heterocycles. The molecule has 0 radical (unpaired) electrons. The average Bonchev–Trinajstić information content (AvgIpc) is 3.12. The molecule has 0 spiro atoms. The predicted molar refractivity (Wildman–Crippen MR) is 120 cm³/mol. The molecular formula is C24H22N4O3. The minimum atomic E-state index is -0.915. The average molecular weight is 414 g/mol. The number of fused-ring (bicyclic) bond motifs is 1. The van der Waals surface area contributed by atoms with Gasteiger partial charge in [0.05, 0.1) is 6.04 Å². The Morgan fingerprint density at radius 3 is 2.48 bits per heavy atom. The summed E-state index contributed by atoms with van der Waals surface area (Å²) in [6.45, 7) is 1.75. The Morgan fingerprint density at radius 1 is 1.03 bits per heavy atom. The summed E-state index contributed by atoms with van der Waals surface area (Å²) in [6, 6.07) is 20.2. The van der Waals surface area contributed by atoms with Gasteiger partial charge in [0.2, 0.25) is 0 Å². The van der Waals surface area contributed by atoms with Crippen molar-refractivity contribution in [2.75, 3.05) is 5.32 Å². The van der Waals surface area contributed by atoms with Crippen LogP contribution in [-0.4, -0.2) is 26.7 Å². The Balaban J connectivity index is 1.59. The number of anilines is 1. The molecular weight excluding hydrogens is 392 g/mol. The van der Waals surface area contributed by atoms with Crippen molar-refractivity contribution in [2.45, 2.75) is 19.5 Å². The molecule has 0 aliphatic rings. The summed E-state index contributed by atoms with van der Waals surface area (Å²) in [4.78, 5) is 27.9. The van der Waals surface area contributed by atoms with E-state index in [1.807, 2.05) is 67.6 Å². The molecule has 2 heterocycles. The third-order valence-electron chi connectivity index (χ3n) is 5.08. The van der Waals surface area contributed by atoms with E-state index in [1.165, 1.54) is 0 Å². The molecule has 1 atom stereocenters. The Kier molecular flexibility index (Phi) is 5.66. The Morgan fingerprint density at radius 2 is 1.77 bits per heavy atom. The molecule has 2 amide bonds. The van der Waals surface area contributed by atoms with E-state index in [9.17, 15) is 14.7 Å². The Bertz CT molecular complexity index is 1220. The van der Waals surface area contributed by atoms with Crippen molar-refractivity contribution in [1.29, 1.82) is 0 Å². The maximum atomic E-state index is 12.5. The number of pyridine rings is 1. The number of benzene rings is 2. The predicted octanol–water partition coefficient (Wildman–Crippen LogP) is 4.67. The molecule has 7 heteroatoms. The standard InChI is InChI=1S/C24H22N4O3/c1-16(17-9-11-25-12-10-17)26-24(31)27-20-7-8-21-19(13-20)14-22(28(21)15-23(29)30)18-5-3-2-4-6-18/h2-14,16H,15H2,1H3,(H,29,30)(H2,26,27,31). The third kappa shape index (κ3) is 4.56. The normalized spacial score (nSPS) is 11.8. The molecule has 4 aromatic rings. The van der Waals surface area contributed by atoms with E-state index in [-0.39, 0.29) is 18.6 Å². The van der Waals surface area contributed by atoms with Crippen LogP contribution in [-0.2, 0) is 11.3 Å². The molecule has 0 saturated carbocycles. The lowest BCUT2D eigenvalue weighted by atomic mass is 10.1.